The average molecular weight is 772 g/mol. The van der Waals surface area contributed by atoms with Gasteiger partial charge in [0.05, 0.1) is 19.6 Å². The highest BCUT2D eigenvalue weighted by Crippen LogP contribution is 2.21. The number of rotatable bonds is 41. The van der Waals surface area contributed by atoms with Crippen LogP contribution in [0.4, 0.5) is 0 Å². The number of unbranched alkanes of at least 4 members (excludes halogenated alkanes) is 18. The van der Waals surface area contributed by atoms with Crippen molar-refractivity contribution in [1.29, 1.82) is 0 Å². The Kier molecular flexibility index (Phi) is 40.0. The van der Waals surface area contributed by atoms with Crippen LogP contribution in [-0.4, -0.2) is 63.9 Å². The summed E-state index contributed by atoms with van der Waals surface area (Å²) in [7, 11) is 4.26. The second kappa shape index (κ2) is 41.6. The van der Waals surface area contributed by atoms with E-state index in [0.29, 0.717) is 37.9 Å². The highest BCUT2D eigenvalue weighted by atomic mass is 16.5. The lowest BCUT2D eigenvalue weighted by molar-refractivity contribution is -0.145. The first kappa shape index (κ1) is 52.9. The Morgan fingerprint density at radius 1 is 0.600 bits per heavy atom. The van der Waals surface area contributed by atoms with Crippen molar-refractivity contribution >= 4 is 11.9 Å². The molecule has 0 fully saturated rings. The van der Waals surface area contributed by atoms with Gasteiger partial charge in [-0.15, -0.1) is 0 Å². The standard InChI is InChI=1S/C49H89NO5/c1-7-10-25-33-45(4)42-48(51)54-40-30-23-19-15-13-17-21-28-36-47(44-53-39-32-38-50(5)6)37-29-22-18-14-16-20-24-31-41-55-49(52)43-46(34-26-11-8-2)35-27-12-9-3/h34,45-47H,2,7,9-10,12-25,27-33,35-44H2,1,3-6H3. The maximum absolute atomic E-state index is 12.4. The molecule has 0 aromatic heterocycles. The summed E-state index contributed by atoms with van der Waals surface area (Å²) in [5, 5.41) is 0. The number of carbonyl (C=O) groups excluding carboxylic acids is 2. The van der Waals surface area contributed by atoms with Gasteiger partial charge in [0.1, 0.15) is 0 Å². The minimum Gasteiger partial charge on any atom is -0.466 e. The highest BCUT2D eigenvalue weighted by molar-refractivity contribution is 5.70. The predicted molar refractivity (Wildman–Crippen MR) is 233 cm³/mol. The molecule has 0 aromatic carbocycles. The molecule has 0 radical (unpaired) electrons. The summed E-state index contributed by atoms with van der Waals surface area (Å²) in [6.45, 7) is 14.1. The molecule has 0 aliphatic heterocycles. The monoisotopic (exact) mass is 772 g/mol. The molecule has 3 unspecified atom stereocenters. The van der Waals surface area contributed by atoms with Crippen molar-refractivity contribution in [2.75, 3.05) is 47.1 Å². The summed E-state index contributed by atoms with van der Waals surface area (Å²) in [5.74, 6) is 1.17. The summed E-state index contributed by atoms with van der Waals surface area (Å²) < 4.78 is 17.2. The Morgan fingerprint density at radius 2 is 1.07 bits per heavy atom. The van der Waals surface area contributed by atoms with E-state index in [4.69, 9.17) is 14.2 Å². The lowest BCUT2D eigenvalue weighted by atomic mass is 9.94. The minimum atomic E-state index is -0.100. The van der Waals surface area contributed by atoms with Gasteiger partial charge >= 0.3 is 11.9 Å². The van der Waals surface area contributed by atoms with Crippen molar-refractivity contribution in [2.24, 2.45) is 17.8 Å². The number of carbonyl (C=O) groups is 2. The minimum absolute atomic E-state index is 0.0101. The van der Waals surface area contributed by atoms with Crippen molar-refractivity contribution in [1.82, 2.24) is 4.90 Å². The molecule has 55 heavy (non-hydrogen) atoms. The summed E-state index contributed by atoms with van der Waals surface area (Å²) in [6.07, 6.45) is 35.7. The third-order valence-electron chi connectivity index (χ3n) is 10.7. The molecule has 3 atom stereocenters. The van der Waals surface area contributed by atoms with Crippen molar-refractivity contribution in [3.05, 3.63) is 29.8 Å². The molecule has 0 bridgehead atoms. The average Bonchev–Trinajstić information content (AvgIpc) is 3.15. The molecule has 0 heterocycles. The largest absolute Gasteiger partial charge is 0.466 e. The van der Waals surface area contributed by atoms with Gasteiger partial charge in [0.2, 0.25) is 0 Å². The Balaban J connectivity index is 4.05. The molecule has 0 aliphatic carbocycles. The smallest absolute Gasteiger partial charge is 0.306 e. The lowest BCUT2D eigenvalue weighted by Gasteiger charge is -2.18. The summed E-state index contributed by atoms with van der Waals surface area (Å²) in [5.41, 5.74) is 8.28. The van der Waals surface area contributed by atoms with E-state index in [-0.39, 0.29) is 17.9 Å². The number of allylic oxidation sites excluding steroid dienone is 1. The van der Waals surface area contributed by atoms with Crippen molar-refractivity contribution in [3.63, 3.8) is 0 Å². The van der Waals surface area contributed by atoms with Crippen LogP contribution in [0.2, 0.25) is 0 Å². The molecule has 0 aliphatic rings. The van der Waals surface area contributed by atoms with Gasteiger partial charge in [-0.2, -0.15) is 0 Å². The molecule has 0 saturated heterocycles. The normalized spacial score (nSPS) is 12.8. The zero-order valence-electron chi connectivity index (χ0n) is 37.0. The van der Waals surface area contributed by atoms with Crippen LogP contribution in [0.1, 0.15) is 207 Å². The maximum atomic E-state index is 12.4. The summed E-state index contributed by atoms with van der Waals surface area (Å²) in [4.78, 5) is 26.7. The molecular formula is C49H89NO5. The van der Waals surface area contributed by atoms with Crippen LogP contribution in [0.3, 0.4) is 0 Å². The van der Waals surface area contributed by atoms with Crippen LogP contribution in [0, 0.1) is 17.8 Å². The quantitative estimate of drug-likeness (QED) is 0.0350. The first-order chi connectivity index (χ1) is 26.8. The van der Waals surface area contributed by atoms with Gasteiger partial charge in [-0.3, -0.25) is 9.59 Å². The molecule has 0 rings (SSSR count). The van der Waals surface area contributed by atoms with E-state index >= 15 is 0 Å². The molecule has 6 heteroatoms. The van der Waals surface area contributed by atoms with E-state index in [1.165, 1.54) is 122 Å². The maximum Gasteiger partial charge on any atom is 0.306 e. The number of hydrogen-bond donors (Lipinski definition) is 0. The van der Waals surface area contributed by atoms with Crippen LogP contribution in [0.5, 0.6) is 0 Å². The number of nitrogens with zero attached hydrogens (tertiary/aromatic N) is 1. The number of hydrogen-bond acceptors (Lipinski definition) is 6. The Morgan fingerprint density at radius 3 is 1.58 bits per heavy atom. The second-order valence-electron chi connectivity index (χ2n) is 16.7. The molecule has 6 nitrogen and oxygen atoms in total. The third kappa shape index (κ3) is 40.0. The van der Waals surface area contributed by atoms with Gasteiger partial charge in [0, 0.05) is 19.6 Å². The van der Waals surface area contributed by atoms with Gasteiger partial charge in [-0.25, -0.2) is 0 Å². The molecule has 0 N–H and O–H groups in total. The topological polar surface area (TPSA) is 65.1 Å². The SMILES string of the molecule is C=C=C=C=CC(CCCCC)CC(=O)OCCCCCCCCCCC(CCCCCCCCCCOC(=O)CC(C)CCCCC)COCCCN(C)C. The van der Waals surface area contributed by atoms with Crippen molar-refractivity contribution < 1.29 is 23.8 Å². The lowest BCUT2D eigenvalue weighted by Crippen LogP contribution is -2.16. The second-order valence-corrected chi connectivity index (χ2v) is 16.7. The molecule has 0 saturated carbocycles. The van der Waals surface area contributed by atoms with Crippen molar-refractivity contribution in [2.45, 2.75) is 207 Å². The van der Waals surface area contributed by atoms with Gasteiger partial charge in [0.25, 0.3) is 0 Å². The van der Waals surface area contributed by atoms with Crippen LogP contribution >= 0.6 is 0 Å². The van der Waals surface area contributed by atoms with E-state index < -0.39 is 0 Å². The first-order valence-electron chi connectivity index (χ1n) is 23.2. The number of ether oxygens (including phenoxy) is 3. The van der Waals surface area contributed by atoms with Gasteiger partial charge in [-0.05, 0) is 95.3 Å². The van der Waals surface area contributed by atoms with Crippen molar-refractivity contribution in [3.8, 4) is 0 Å². The van der Waals surface area contributed by atoms with E-state index in [1.807, 2.05) is 6.08 Å². The molecule has 0 spiro atoms. The molecular weight excluding hydrogens is 683 g/mol. The Bertz CT molecular complexity index is 991. The Hall–Kier alpha value is -2.06. The van der Waals surface area contributed by atoms with Crippen LogP contribution in [0.15, 0.2) is 29.8 Å². The highest BCUT2D eigenvalue weighted by Gasteiger charge is 2.13. The Labute approximate surface area is 341 Å². The number of esters is 2. The van der Waals surface area contributed by atoms with Crippen LogP contribution < -0.4 is 0 Å². The molecule has 0 aromatic rings. The fourth-order valence-corrected chi connectivity index (χ4v) is 7.18. The van der Waals surface area contributed by atoms with E-state index in [0.717, 1.165) is 71.1 Å². The fraction of sp³-hybridized carbons (Fsp3) is 0.857. The summed E-state index contributed by atoms with van der Waals surface area (Å²) in [6, 6.07) is 0. The van der Waals surface area contributed by atoms with Crippen LogP contribution in [0.25, 0.3) is 0 Å². The summed E-state index contributed by atoms with van der Waals surface area (Å²) >= 11 is 0. The van der Waals surface area contributed by atoms with Gasteiger partial charge in [-0.1, -0.05) is 167 Å². The molecule has 0 amide bonds. The fourth-order valence-electron chi connectivity index (χ4n) is 7.18. The zero-order chi connectivity index (χ0) is 40.5. The van der Waals surface area contributed by atoms with E-state index in [1.54, 1.807) is 0 Å². The zero-order valence-corrected chi connectivity index (χ0v) is 37.0. The van der Waals surface area contributed by atoms with E-state index in [2.05, 4.69) is 63.5 Å². The van der Waals surface area contributed by atoms with Gasteiger partial charge < -0.3 is 19.1 Å². The van der Waals surface area contributed by atoms with E-state index in [9.17, 15) is 9.59 Å². The predicted octanol–water partition coefficient (Wildman–Crippen LogP) is 13.5. The third-order valence-corrected chi connectivity index (χ3v) is 10.7. The van der Waals surface area contributed by atoms with Crippen LogP contribution in [-0.2, 0) is 23.8 Å². The molecule has 320 valence electrons. The first-order valence-corrected chi connectivity index (χ1v) is 23.2. The van der Waals surface area contributed by atoms with Gasteiger partial charge in [0.15, 0.2) is 0 Å².